The summed E-state index contributed by atoms with van der Waals surface area (Å²) in [6, 6.07) is 4.95. The smallest absolute Gasteiger partial charge is 0.303 e. The lowest BCUT2D eigenvalue weighted by Gasteiger charge is -2.04. The molecule has 0 saturated heterocycles. The Balaban J connectivity index is 2.57. The molecule has 0 aliphatic heterocycles. The standard InChI is InChI=1S/C13H14FNO2/c1-8-9-4-3-5-10(14)13(9)15(2)11(8)6-7-12(16)17/h3-5H,6-7H2,1-2H3,(H,16,17). The number of nitrogens with zero attached hydrogens (tertiary/aromatic N) is 1. The van der Waals surface area contributed by atoms with Crippen LogP contribution in [0.1, 0.15) is 17.7 Å². The first-order chi connectivity index (χ1) is 8.02. The normalized spacial score (nSPS) is 11.0. The lowest BCUT2D eigenvalue weighted by molar-refractivity contribution is -0.136. The molecule has 2 rings (SSSR count). The van der Waals surface area contributed by atoms with Gasteiger partial charge in [0.05, 0.1) is 11.9 Å². The number of fused-ring (bicyclic) bond motifs is 1. The Labute approximate surface area is 98.5 Å². The number of para-hydroxylation sites is 1. The number of hydrogen-bond acceptors (Lipinski definition) is 1. The van der Waals surface area contributed by atoms with Crippen LogP contribution in [-0.2, 0) is 18.3 Å². The average Bonchev–Trinajstić information content (AvgIpc) is 2.50. The third-order valence-electron chi connectivity index (χ3n) is 3.14. The summed E-state index contributed by atoms with van der Waals surface area (Å²) in [6.45, 7) is 1.90. The van der Waals surface area contributed by atoms with Gasteiger partial charge in [-0.05, 0) is 25.0 Å². The van der Waals surface area contributed by atoms with Crippen molar-refractivity contribution in [1.29, 1.82) is 0 Å². The quantitative estimate of drug-likeness (QED) is 0.888. The summed E-state index contributed by atoms with van der Waals surface area (Å²) >= 11 is 0. The van der Waals surface area contributed by atoms with E-state index in [0.717, 1.165) is 16.6 Å². The van der Waals surface area contributed by atoms with E-state index in [1.54, 1.807) is 17.7 Å². The molecule has 0 amide bonds. The molecule has 2 aromatic rings. The van der Waals surface area contributed by atoms with Gasteiger partial charge in [-0.3, -0.25) is 4.79 Å². The second kappa shape index (κ2) is 4.20. The molecule has 0 atom stereocenters. The molecule has 0 unspecified atom stereocenters. The second-order valence-electron chi connectivity index (χ2n) is 4.16. The van der Waals surface area contributed by atoms with Crippen molar-refractivity contribution in [3.63, 3.8) is 0 Å². The minimum atomic E-state index is -0.838. The number of benzene rings is 1. The first kappa shape index (κ1) is 11.6. The van der Waals surface area contributed by atoms with Gasteiger partial charge in [0.1, 0.15) is 5.82 Å². The van der Waals surface area contributed by atoms with Crippen molar-refractivity contribution >= 4 is 16.9 Å². The molecule has 90 valence electrons. The van der Waals surface area contributed by atoms with Crippen LogP contribution in [0.3, 0.4) is 0 Å². The zero-order valence-electron chi connectivity index (χ0n) is 9.83. The number of aliphatic carboxylic acids is 1. The summed E-state index contributed by atoms with van der Waals surface area (Å²) < 4.78 is 15.5. The highest BCUT2D eigenvalue weighted by Crippen LogP contribution is 2.27. The summed E-state index contributed by atoms with van der Waals surface area (Å²) in [5, 5.41) is 9.56. The number of halogens is 1. The van der Waals surface area contributed by atoms with Gasteiger partial charge < -0.3 is 9.67 Å². The van der Waals surface area contributed by atoms with E-state index in [1.807, 2.05) is 13.0 Å². The topological polar surface area (TPSA) is 42.2 Å². The Morgan fingerprint density at radius 1 is 1.47 bits per heavy atom. The predicted octanol–water partition coefficient (Wildman–Crippen LogP) is 2.64. The molecule has 0 bridgehead atoms. The first-order valence-corrected chi connectivity index (χ1v) is 5.46. The van der Waals surface area contributed by atoms with Crippen molar-refractivity contribution in [2.75, 3.05) is 0 Å². The molecule has 1 aromatic carbocycles. The fourth-order valence-corrected chi connectivity index (χ4v) is 2.28. The number of carbonyl (C=O) groups is 1. The number of carboxylic acids is 1. The van der Waals surface area contributed by atoms with E-state index in [4.69, 9.17) is 5.11 Å². The molecule has 0 saturated carbocycles. The van der Waals surface area contributed by atoms with Crippen LogP contribution >= 0.6 is 0 Å². The average molecular weight is 235 g/mol. The highest BCUT2D eigenvalue weighted by atomic mass is 19.1. The molecule has 1 N–H and O–H groups in total. The summed E-state index contributed by atoms with van der Waals surface area (Å²) in [5.74, 6) is -1.11. The van der Waals surface area contributed by atoms with Gasteiger partial charge in [-0.1, -0.05) is 12.1 Å². The van der Waals surface area contributed by atoms with Gasteiger partial charge in [0.15, 0.2) is 0 Å². The molecule has 4 heteroatoms. The number of rotatable bonds is 3. The maximum Gasteiger partial charge on any atom is 0.303 e. The van der Waals surface area contributed by atoms with Gasteiger partial charge in [-0.25, -0.2) is 4.39 Å². The van der Waals surface area contributed by atoms with Crippen molar-refractivity contribution in [3.05, 3.63) is 35.3 Å². The zero-order valence-corrected chi connectivity index (χ0v) is 9.83. The summed E-state index contributed by atoms with van der Waals surface area (Å²) in [4.78, 5) is 10.6. The van der Waals surface area contributed by atoms with Crippen LogP contribution in [0.4, 0.5) is 4.39 Å². The molecule has 17 heavy (non-hydrogen) atoms. The number of hydrogen-bond donors (Lipinski definition) is 1. The fourth-order valence-electron chi connectivity index (χ4n) is 2.28. The van der Waals surface area contributed by atoms with Crippen LogP contribution in [0.15, 0.2) is 18.2 Å². The molecule has 0 fully saturated rings. The van der Waals surface area contributed by atoms with Crippen molar-refractivity contribution in [1.82, 2.24) is 4.57 Å². The van der Waals surface area contributed by atoms with Gasteiger partial charge >= 0.3 is 5.97 Å². The maximum atomic E-state index is 13.7. The lowest BCUT2D eigenvalue weighted by atomic mass is 10.1. The molecule has 1 heterocycles. The third kappa shape index (κ3) is 1.90. The van der Waals surface area contributed by atoms with E-state index in [0.29, 0.717) is 11.9 Å². The molecule has 0 aliphatic rings. The molecule has 0 spiro atoms. The highest BCUT2D eigenvalue weighted by molar-refractivity contribution is 5.86. The van der Waals surface area contributed by atoms with Crippen LogP contribution < -0.4 is 0 Å². The van der Waals surface area contributed by atoms with E-state index >= 15 is 0 Å². The molecule has 1 aromatic heterocycles. The predicted molar refractivity (Wildman–Crippen MR) is 63.6 cm³/mol. The van der Waals surface area contributed by atoms with Gasteiger partial charge in [0, 0.05) is 18.1 Å². The monoisotopic (exact) mass is 235 g/mol. The maximum absolute atomic E-state index is 13.7. The van der Waals surface area contributed by atoms with Crippen LogP contribution in [0.2, 0.25) is 0 Å². The molecular formula is C13H14FNO2. The van der Waals surface area contributed by atoms with E-state index in [1.165, 1.54) is 6.07 Å². The third-order valence-corrected chi connectivity index (χ3v) is 3.14. The van der Waals surface area contributed by atoms with Crippen LogP contribution in [0.5, 0.6) is 0 Å². The van der Waals surface area contributed by atoms with Crippen LogP contribution in [-0.4, -0.2) is 15.6 Å². The summed E-state index contributed by atoms with van der Waals surface area (Å²) in [6.07, 6.45) is 0.485. The van der Waals surface area contributed by atoms with E-state index in [-0.39, 0.29) is 12.2 Å². The number of carboxylic acid groups (broad SMARTS) is 1. The SMILES string of the molecule is Cc1c(CCC(=O)O)n(C)c2c(F)cccc12. The molecule has 3 nitrogen and oxygen atoms in total. The minimum absolute atomic E-state index is 0.0621. The second-order valence-corrected chi connectivity index (χ2v) is 4.16. The van der Waals surface area contributed by atoms with Gasteiger partial charge in [0.25, 0.3) is 0 Å². The van der Waals surface area contributed by atoms with E-state index < -0.39 is 5.97 Å². The van der Waals surface area contributed by atoms with Crippen molar-refractivity contribution < 1.29 is 14.3 Å². The zero-order chi connectivity index (χ0) is 12.6. The van der Waals surface area contributed by atoms with Gasteiger partial charge in [-0.15, -0.1) is 0 Å². The van der Waals surface area contributed by atoms with Crippen molar-refractivity contribution in [2.45, 2.75) is 19.8 Å². The summed E-state index contributed by atoms with van der Waals surface area (Å²) in [7, 11) is 1.77. The molecule has 0 radical (unpaired) electrons. The molecular weight excluding hydrogens is 221 g/mol. The highest BCUT2D eigenvalue weighted by Gasteiger charge is 2.15. The van der Waals surface area contributed by atoms with Crippen molar-refractivity contribution in [2.24, 2.45) is 7.05 Å². The van der Waals surface area contributed by atoms with Gasteiger partial charge in [0.2, 0.25) is 0 Å². The van der Waals surface area contributed by atoms with Crippen LogP contribution in [0.25, 0.3) is 10.9 Å². The number of aromatic nitrogens is 1. The fraction of sp³-hybridized carbons (Fsp3) is 0.308. The van der Waals surface area contributed by atoms with Crippen molar-refractivity contribution in [3.8, 4) is 0 Å². The van der Waals surface area contributed by atoms with E-state index in [9.17, 15) is 9.18 Å². The number of aryl methyl sites for hydroxylation is 2. The Bertz CT molecular complexity index is 587. The lowest BCUT2D eigenvalue weighted by Crippen LogP contribution is -2.03. The van der Waals surface area contributed by atoms with Crippen LogP contribution in [0, 0.1) is 12.7 Å². The molecule has 0 aliphatic carbocycles. The Kier molecular flexibility index (Phi) is 2.88. The Morgan fingerprint density at radius 2 is 2.18 bits per heavy atom. The largest absolute Gasteiger partial charge is 0.481 e. The Hall–Kier alpha value is -1.84. The summed E-state index contributed by atoms with van der Waals surface area (Å²) in [5.41, 5.74) is 2.39. The van der Waals surface area contributed by atoms with E-state index in [2.05, 4.69) is 0 Å². The first-order valence-electron chi connectivity index (χ1n) is 5.46. The minimum Gasteiger partial charge on any atom is -0.481 e. The van der Waals surface area contributed by atoms with Gasteiger partial charge in [-0.2, -0.15) is 0 Å². The Morgan fingerprint density at radius 3 is 2.76 bits per heavy atom.